The highest BCUT2D eigenvalue weighted by atomic mass is 16.7. The van der Waals surface area contributed by atoms with E-state index in [4.69, 9.17) is 14.2 Å². The third-order valence-electron chi connectivity index (χ3n) is 5.93. The molecule has 0 radical (unpaired) electrons. The highest BCUT2D eigenvalue weighted by Gasteiger charge is 2.51. The number of aliphatic carboxylic acids is 1. The molecule has 3 N–H and O–H groups in total. The first-order valence-electron chi connectivity index (χ1n) is 11.3. The number of piperidine rings is 1. The zero-order valence-electron chi connectivity index (χ0n) is 19.2. The average Bonchev–Trinajstić information content (AvgIpc) is 2.82. The van der Waals surface area contributed by atoms with Crippen LogP contribution in [0.1, 0.15) is 37.3 Å². The first kappa shape index (κ1) is 25.6. The number of ether oxygens (including phenoxy) is 3. The van der Waals surface area contributed by atoms with Crippen molar-refractivity contribution in [3.63, 3.8) is 0 Å². The number of carbonyl (C=O) groups excluding carboxylic acids is 3. The number of hydrogen-bond donors (Lipinski definition) is 3. The van der Waals surface area contributed by atoms with Crippen molar-refractivity contribution in [1.29, 1.82) is 0 Å². The van der Waals surface area contributed by atoms with Crippen LogP contribution in [-0.2, 0) is 45.5 Å². The number of benzene rings is 1. The third kappa shape index (κ3) is 6.31. The maximum Gasteiger partial charge on any atom is 0.355 e. The molecule has 1 unspecified atom stereocenters. The second kappa shape index (κ2) is 11.9. The fourth-order valence-electron chi connectivity index (χ4n) is 4.30. The van der Waals surface area contributed by atoms with Crippen LogP contribution in [0.5, 0.6) is 0 Å². The van der Waals surface area contributed by atoms with Gasteiger partial charge in [0.15, 0.2) is 0 Å². The van der Waals surface area contributed by atoms with E-state index in [2.05, 4.69) is 10.6 Å². The third-order valence-corrected chi connectivity index (χ3v) is 5.93. The Morgan fingerprint density at radius 1 is 1.18 bits per heavy atom. The van der Waals surface area contributed by atoms with Crippen molar-refractivity contribution >= 4 is 23.8 Å². The molecular formula is C23H31N3O8. The van der Waals surface area contributed by atoms with Gasteiger partial charge in [0, 0.05) is 25.6 Å². The fraction of sp³-hybridized carbons (Fsp3) is 0.565. The number of amides is 1. The van der Waals surface area contributed by atoms with Gasteiger partial charge < -0.3 is 30.0 Å². The molecule has 1 atom stereocenters. The summed E-state index contributed by atoms with van der Waals surface area (Å²) < 4.78 is 15.8. The molecule has 34 heavy (non-hydrogen) atoms. The molecule has 186 valence electrons. The van der Waals surface area contributed by atoms with Crippen molar-refractivity contribution in [3.8, 4) is 0 Å². The maximum atomic E-state index is 13.5. The topological polar surface area (TPSA) is 143 Å². The summed E-state index contributed by atoms with van der Waals surface area (Å²) in [6.45, 7) is 2.18. The van der Waals surface area contributed by atoms with Crippen molar-refractivity contribution in [2.45, 2.75) is 44.4 Å². The van der Waals surface area contributed by atoms with Gasteiger partial charge in [-0.05, 0) is 37.9 Å². The van der Waals surface area contributed by atoms with Gasteiger partial charge in [-0.1, -0.05) is 24.3 Å². The van der Waals surface area contributed by atoms with Gasteiger partial charge in [0.1, 0.15) is 6.61 Å². The molecule has 1 aromatic rings. The van der Waals surface area contributed by atoms with E-state index in [1.165, 1.54) is 6.92 Å². The summed E-state index contributed by atoms with van der Waals surface area (Å²) in [6, 6.07) is 7.09. The smallest absolute Gasteiger partial charge is 0.355 e. The molecule has 11 heteroatoms. The Morgan fingerprint density at radius 2 is 1.91 bits per heavy atom. The van der Waals surface area contributed by atoms with E-state index >= 15 is 0 Å². The van der Waals surface area contributed by atoms with Crippen LogP contribution in [0.3, 0.4) is 0 Å². The van der Waals surface area contributed by atoms with E-state index in [0.717, 1.165) is 31.5 Å². The molecule has 2 aliphatic rings. The normalized spacial score (nSPS) is 20.7. The summed E-state index contributed by atoms with van der Waals surface area (Å²) in [5, 5.41) is 15.3. The second-order valence-corrected chi connectivity index (χ2v) is 8.24. The van der Waals surface area contributed by atoms with Gasteiger partial charge >= 0.3 is 17.9 Å². The molecule has 0 bridgehead atoms. The highest BCUT2D eigenvalue weighted by Crippen LogP contribution is 2.35. The number of esters is 2. The Balaban J connectivity index is 1.89. The lowest BCUT2D eigenvalue weighted by atomic mass is 9.86. The molecule has 3 rings (SSSR count). The van der Waals surface area contributed by atoms with Gasteiger partial charge in [-0.2, -0.15) is 0 Å². The van der Waals surface area contributed by atoms with Gasteiger partial charge in [-0.25, -0.2) is 4.79 Å². The van der Waals surface area contributed by atoms with Crippen molar-refractivity contribution in [1.82, 2.24) is 15.5 Å². The molecule has 0 spiro atoms. The summed E-state index contributed by atoms with van der Waals surface area (Å²) in [5.41, 5.74) is -0.494. The van der Waals surface area contributed by atoms with Crippen LogP contribution in [0.2, 0.25) is 0 Å². The van der Waals surface area contributed by atoms with Gasteiger partial charge in [-0.3, -0.25) is 19.3 Å². The Bertz CT molecular complexity index is 902. The largest absolute Gasteiger partial charge is 0.481 e. The molecule has 1 amide bonds. The zero-order valence-corrected chi connectivity index (χ0v) is 19.2. The molecular weight excluding hydrogens is 446 g/mol. The minimum Gasteiger partial charge on any atom is -0.481 e. The molecule has 0 aromatic heterocycles. The van der Waals surface area contributed by atoms with Crippen LogP contribution in [0, 0.1) is 0 Å². The summed E-state index contributed by atoms with van der Waals surface area (Å²) in [6.07, 6.45) is 1.78. The van der Waals surface area contributed by atoms with E-state index in [0.29, 0.717) is 18.5 Å². The highest BCUT2D eigenvalue weighted by molar-refractivity contribution is 5.90. The van der Waals surface area contributed by atoms with Crippen LogP contribution in [-0.4, -0.2) is 79.5 Å². The van der Waals surface area contributed by atoms with Crippen LogP contribution < -0.4 is 10.6 Å². The van der Waals surface area contributed by atoms with E-state index in [9.17, 15) is 24.3 Å². The quantitative estimate of drug-likeness (QED) is 0.314. The van der Waals surface area contributed by atoms with Crippen LogP contribution in [0.25, 0.3) is 0 Å². The molecule has 1 saturated heterocycles. The summed E-state index contributed by atoms with van der Waals surface area (Å²) >= 11 is 0. The number of fused-ring (bicyclic) bond motifs is 1. The second-order valence-electron chi connectivity index (χ2n) is 8.24. The molecule has 0 saturated carbocycles. The molecule has 0 aliphatic carbocycles. The van der Waals surface area contributed by atoms with Crippen molar-refractivity contribution in [2.75, 3.05) is 39.6 Å². The Morgan fingerprint density at radius 3 is 2.62 bits per heavy atom. The first-order chi connectivity index (χ1) is 16.3. The monoisotopic (exact) mass is 477 g/mol. The first-order valence-corrected chi connectivity index (χ1v) is 11.3. The maximum absolute atomic E-state index is 13.5. The van der Waals surface area contributed by atoms with E-state index in [1.807, 2.05) is 12.1 Å². The van der Waals surface area contributed by atoms with Crippen LogP contribution >= 0.6 is 0 Å². The lowest BCUT2D eigenvalue weighted by Crippen LogP contribution is -2.66. The standard InChI is InChI=1S/C23H31N3O8/c1-16(27)33-15-34-22(31)23(25-20(28)14-32-18-6-10-24-11-7-18)19-5-3-2-4-17(19)8-12-26(23)13-9-21(29)30/h2-5,18,24H,6-15H2,1H3,(H,25,28)(H,29,30). The number of nitrogens with one attached hydrogen (secondary N) is 2. The minimum atomic E-state index is -1.79. The summed E-state index contributed by atoms with van der Waals surface area (Å²) in [7, 11) is 0. The lowest BCUT2D eigenvalue weighted by Gasteiger charge is -2.46. The number of carboxylic acids is 1. The lowest BCUT2D eigenvalue weighted by molar-refractivity contribution is -0.182. The molecule has 1 fully saturated rings. The van der Waals surface area contributed by atoms with Crippen molar-refractivity contribution in [3.05, 3.63) is 35.4 Å². The van der Waals surface area contributed by atoms with E-state index in [1.54, 1.807) is 17.0 Å². The molecule has 1 aromatic carbocycles. The van der Waals surface area contributed by atoms with Gasteiger partial charge in [-0.15, -0.1) is 0 Å². The Kier molecular flexibility index (Phi) is 8.97. The van der Waals surface area contributed by atoms with E-state index in [-0.39, 0.29) is 25.7 Å². The van der Waals surface area contributed by atoms with Crippen molar-refractivity contribution < 1.29 is 38.5 Å². The summed E-state index contributed by atoms with van der Waals surface area (Å²) in [4.78, 5) is 50.6. The van der Waals surface area contributed by atoms with E-state index < -0.39 is 36.3 Å². The average molecular weight is 478 g/mol. The summed E-state index contributed by atoms with van der Waals surface area (Å²) in [5.74, 6) is -3.09. The number of carboxylic acid groups (broad SMARTS) is 1. The SMILES string of the molecule is CC(=O)OCOC(=O)C1(NC(=O)COC2CCNCC2)c2ccccc2CCN1CCC(=O)O. The Hall–Kier alpha value is -3.02. The van der Waals surface area contributed by atoms with Gasteiger partial charge in [0.2, 0.25) is 18.4 Å². The van der Waals surface area contributed by atoms with Crippen LogP contribution in [0.15, 0.2) is 24.3 Å². The fourth-order valence-corrected chi connectivity index (χ4v) is 4.30. The predicted molar refractivity (Wildman–Crippen MR) is 118 cm³/mol. The number of rotatable bonds is 10. The predicted octanol–water partition coefficient (Wildman–Crippen LogP) is 0.121. The number of nitrogens with zero attached hydrogens (tertiary/aromatic N) is 1. The van der Waals surface area contributed by atoms with Crippen molar-refractivity contribution in [2.24, 2.45) is 0 Å². The van der Waals surface area contributed by atoms with Crippen LogP contribution in [0.4, 0.5) is 0 Å². The molecule has 2 aliphatic heterocycles. The van der Waals surface area contributed by atoms with Gasteiger partial charge in [0.25, 0.3) is 0 Å². The molecule has 11 nitrogen and oxygen atoms in total. The minimum absolute atomic E-state index is 0.0121. The zero-order chi connectivity index (χ0) is 24.6. The number of carbonyl (C=O) groups is 4. The molecule has 2 heterocycles. The Labute approximate surface area is 197 Å². The number of hydrogen-bond acceptors (Lipinski definition) is 9. The van der Waals surface area contributed by atoms with Gasteiger partial charge in [0.05, 0.1) is 12.5 Å².